The molecule has 1 aliphatic heterocycles. The molecule has 1 aromatic heterocycles. The predicted molar refractivity (Wildman–Crippen MR) is 76.2 cm³/mol. The van der Waals surface area contributed by atoms with E-state index >= 15 is 0 Å². The highest BCUT2D eigenvalue weighted by molar-refractivity contribution is 6.43. The first-order chi connectivity index (χ1) is 9.56. The van der Waals surface area contributed by atoms with Gasteiger partial charge in [-0.15, -0.1) is 5.53 Å². The monoisotopic (exact) mass is 313 g/mol. The van der Waals surface area contributed by atoms with E-state index in [0.717, 1.165) is 0 Å². The lowest BCUT2D eigenvalue weighted by molar-refractivity contribution is 0.265. The van der Waals surface area contributed by atoms with E-state index in [2.05, 4.69) is 20.9 Å². The highest BCUT2D eigenvalue weighted by atomic mass is 35.5. The number of rotatable bonds is 2. The van der Waals surface area contributed by atoms with E-state index in [-0.39, 0.29) is 0 Å². The number of fused-ring (bicyclic) bond motifs is 1. The molecule has 2 heterocycles. The normalized spacial score (nSPS) is 14.0. The average molecular weight is 314 g/mol. The summed E-state index contributed by atoms with van der Waals surface area (Å²) in [5.74, 6) is 0. The van der Waals surface area contributed by atoms with Gasteiger partial charge in [-0.3, -0.25) is 14.6 Å². The average Bonchev–Trinajstić information content (AvgIpc) is 2.91. The lowest BCUT2D eigenvalue weighted by Crippen LogP contribution is -2.35. The number of nitrogens with one attached hydrogen (secondary N) is 4. The standard InChI is InChI=1S/C11H9Cl2N5O2/c12-6-3-7-9(16-11(20)10(19)15-7)5(8(6)13)4-18-2-1-14-17-18/h1-3,14,17H,4H2,(H,15,19)(H,16,20). The Morgan fingerprint density at radius 3 is 2.60 bits per heavy atom. The molecule has 9 heteroatoms. The lowest BCUT2D eigenvalue weighted by Gasteiger charge is -2.18. The summed E-state index contributed by atoms with van der Waals surface area (Å²) in [6.07, 6.45) is 3.46. The molecule has 0 atom stereocenters. The molecule has 0 unspecified atom stereocenters. The van der Waals surface area contributed by atoms with Crippen LogP contribution in [0.4, 0.5) is 0 Å². The van der Waals surface area contributed by atoms with Gasteiger partial charge < -0.3 is 15.4 Å². The molecule has 0 bridgehead atoms. The van der Waals surface area contributed by atoms with Crippen LogP contribution in [-0.4, -0.2) is 15.0 Å². The van der Waals surface area contributed by atoms with Crippen molar-refractivity contribution in [3.05, 3.63) is 54.8 Å². The van der Waals surface area contributed by atoms with Gasteiger partial charge in [0.1, 0.15) is 0 Å². The van der Waals surface area contributed by atoms with E-state index in [1.165, 1.54) is 6.07 Å². The summed E-state index contributed by atoms with van der Waals surface area (Å²) in [7, 11) is 0. The van der Waals surface area contributed by atoms with Crippen LogP contribution in [0.2, 0.25) is 10.0 Å². The quantitative estimate of drug-likeness (QED) is 0.616. The van der Waals surface area contributed by atoms with Crippen molar-refractivity contribution in [2.45, 2.75) is 6.54 Å². The Bertz CT molecular complexity index is 826. The molecular formula is C11H9Cl2N5O2. The molecule has 0 radical (unpaired) electrons. The maximum Gasteiger partial charge on any atom is 0.314 e. The Morgan fingerprint density at radius 2 is 1.90 bits per heavy atom. The summed E-state index contributed by atoms with van der Waals surface area (Å²) in [5.41, 5.74) is 5.64. The zero-order valence-electron chi connectivity index (χ0n) is 9.96. The van der Waals surface area contributed by atoms with Gasteiger partial charge in [-0.25, -0.2) is 0 Å². The third-order valence-electron chi connectivity index (χ3n) is 2.88. The first-order valence-corrected chi connectivity index (χ1v) is 6.39. The van der Waals surface area contributed by atoms with E-state index in [4.69, 9.17) is 23.2 Å². The minimum Gasteiger partial charge on any atom is -0.316 e. The van der Waals surface area contributed by atoms with Gasteiger partial charge in [-0.2, -0.15) is 0 Å². The Kier molecular flexibility index (Phi) is 3.17. The number of hydrogen-bond acceptors (Lipinski definition) is 5. The molecule has 3 rings (SSSR count). The predicted octanol–water partition coefficient (Wildman–Crippen LogP) is 0.819. The lowest BCUT2D eigenvalue weighted by atomic mass is 10.1. The smallest absolute Gasteiger partial charge is 0.314 e. The summed E-state index contributed by atoms with van der Waals surface area (Å²) in [6, 6.07) is 1.51. The van der Waals surface area contributed by atoms with Gasteiger partial charge in [0, 0.05) is 18.0 Å². The van der Waals surface area contributed by atoms with Gasteiger partial charge in [0.2, 0.25) is 0 Å². The summed E-state index contributed by atoms with van der Waals surface area (Å²) in [6.45, 7) is 0.349. The highest BCUT2D eigenvalue weighted by Crippen LogP contribution is 2.31. The van der Waals surface area contributed by atoms with Gasteiger partial charge in [0.15, 0.2) is 0 Å². The maximum atomic E-state index is 11.5. The minimum absolute atomic E-state index is 0.299. The molecule has 0 saturated carbocycles. The molecule has 0 amide bonds. The number of halogens is 2. The molecular weight excluding hydrogens is 305 g/mol. The SMILES string of the molecule is O=c1[nH]c2cc(Cl)c(Cl)c(CN3C=CNN3)c2[nH]c1=O. The first-order valence-electron chi connectivity index (χ1n) is 5.64. The van der Waals surface area contributed by atoms with Crippen LogP contribution in [0.3, 0.4) is 0 Å². The number of benzene rings is 1. The zero-order valence-corrected chi connectivity index (χ0v) is 11.5. The van der Waals surface area contributed by atoms with Crippen molar-refractivity contribution in [3.63, 3.8) is 0 Å². The van der Waals surface area contributed by atoms with Gasteiger partial charge in [0.05, 0.1) is 27.6 Å². The van der Waals surface area contributed by atoms with Crippen molar-refractivity contribution in [1.29, 1.82) is 0 Å². The van der Waals surface area contributed by atoms with Crippen molar-refractivity contribution < 1.29 is 0 Å². The summed E-state index contributed by atoms with van der Waals surface area (Å²) in [5, 5.41) is 2.33. The van der Waals surface area contributed by atoms with Gasteiger partial charge >= 0.3 is 11.1 Å². The molecule has 0 spiro atoms. The molecule has 0 aliphatic carbocycles. The van der Waals surface area contributed by atoms with E-state index in [9.17, 15) is 9.59 Å². The van der Waals surface area contributed by atoms with Gasteiger partial charge in [-0.05, 0) is 6.07 Å². The Labute approximate surface area is 122 Å². The number of H-pyrrole nitrogens is 2. The van der Waals surface area contributed by atoms with Crippen LogP contribution in [0.25, 0.3) is 11.0 Å². The fourth-order valence-electron chi connectivity index (χ4n) is 1.97. The molecule has 0 fully saturated rings. The second-order valence-electron chi connectivity index (χ2n) is 4.18. The second-order valence-corrected chi connectivity index (χ2v) is 4.97. The van der Waals surface area contributed by atoms with Crippen molar-refractivity contribution in [2.75, 3.05) is 0 Å². The third kappa shape index (κ3) is 2.15. The topological polar surface area (TPSA) is 93.0 Å². The fourth-order valence-corrected chi connectivity index (χ4v) is 2.40. The van der Waals surface area contributed by atoms with Crippen molar-refractivity contribution in [1.82, 2.24) is 25.9 Å². The van der Waals surface area contributed by atoms with Crippen LogP contribution >= 0.6 is 23.2 Å². The van der Waals surface area contributed by atoms with E-state index in [1.54, 1.807) is 17.4 Å². The van der Waals surface area contributed by atoms with E-state index < -0.39 is 11.1 Å². The van der Waals surface area contributed by atoms with E-state index in [1.807, 2.05) is 0 Å². The van der Waals surface area contributed by atoms with Crippen LogP contribution in [0.5, 0.6) is 0 Å². The highest BCUT2D eigenvalue weighted by Gasteiger charge is 2.16. The number of hydrogen-bond donors (Lipinski definition) is 4. The van der Waals surface area contributed by atoms with Crippen molar-refractivity contribution in [2.24, 2.45) is 0 Å². The Hall–Kier alpha value is -1.96. The summed E-state index contributed by atoms with van der Waals surface area (Å²) < 4.78 is 0. The third-order valence-corrected chi connectivity index (χ3v) is 3.71. The summed E-state index contributed by atoms with van der Waals surface area (Å²) >= 11 is 12.2. The van der Waals surface area contributed by atoms with Crippen LogP contribution in [0, 0.1) is 0 Å². The van der Waals surface area contributed by atoms with Gasteiger partial charge in [0.25, 0.3) is 0 Å². The van der Waals surface area contributed by atoms with Crippen molar-refractivity contribution >= 4 is 34.2 Å². The second kappa shape index (κ2) is 4.86. The number of aromatic amines is 2. The molecule has 4 N–H and O–H groups in total. The zero-order chi connectivity index (χ0) is 14.3. The molecule has 20 heavy (non-hydrogen) atoms. The molecule has 1 aromatic carbocycles. The molecule has 1 aliphatic rings. The molecule has 0 saturated heterocycles. The fraction of sp³-hybridized carbons (Fsp3) is 0.0909. The van der Waals surface area contributed by atoms with Crippen molar-refractivity contribution in [3.8, 4) is 0 Å². The Morgan fingerprint density at radius 1 is 1.15 bits per heavy atom. The number of hydrazine groups is 2. The number of aromatic nitrogens is 2. The maximum absolute atomic E-state index is 11.5. The number of nitrogens with zero attached hydrogens (tertiary/aromatic N) is 1. The van der Waals surface area contributed by atoms with Crippen LogP contribution < -0.4 is 22.1 Å². The van der Waals surface area contributed by atoms with Crippen LogP contribution in [0.1, 0.15) is 5.56 Å². The van der Waals surface area contributed by atoms with Crippen LogP contribution in [-0.2, 0) is 6.54 Å². The van der Waals surface area contributed by atoms with Gasteiger partial charge in [-0.1, -0.05) is 23.2 Å². The molecule has 2 aromatic rings. The molecule has 104 valence electrons. The van der Waals surface area contributed by atoms with E-state index in [0.29, 0.717) is 33.2 Å². The molecule has 7 nitrogen and oxygen atoms in total. The minimum atomic E-state index is -0.736. The first kappa shape index (κ1) is 13.0. The van der Waals surface area contributed by atoms with Crippen LogP contribution in [0.15, 0.2) is 28.1 Å². The largest absolute Gasteiger partial charge is 0.316 e. The Balaban J connectivity index is 2.24. The summed E-state index contributed by atoms with van der Waals surface area (Å²) in [4.78, 5) is 27.9.